The lowest BCUT2D eigenvalue weighted by molar-refractivity contribution is 0.120. The smallest absolute Gasteiger partial charge is 0.131 e. The second-order valence-electron chi connectivity index (χ2n) is 5.54. The van der Waals surface area contributed by atoms with Crippen LogP contribution in [0, 0.1) is 0 Å². The number of hydrogen-bond acceptors (Lipinski definition) is 4. The zero-order valence-corrected chi connectivity index (χ0v) is 12.9. The minimum absolute atomic E-state index is 0.0899. The molecule has 112 valence electrons. The highest BCUT2D eigenvalue weighted by Gasteiger charge is 2.17. The van der Waals surface area contributed by atoms with E-state index in [0.29, 0.717) is 5.02 Å². The first-order valence-corrected chi connectivity index (χ1v) is 7.73. The van der Waals surface area contributed by atoms with E-state index in [2.05, 4.69) is 16.4 Å². The number of anilines is 1. The lowest BCUT2D eigenvalue weighted by atomic mass is 10.1. The first-order chi connectivity index (χ1) is 10.1. The molecule has 0 unspecified atom stereocenters. The number of halogens is 1. The van der Waals surface area contributed by atoms with Crippen molar-refractivity contribution in [2.75, 3.05) is 18.5 Å². The summed E-state index contributed by atoms with van der Waals surface area (Å²) in [5.41, 5.74) is 7.89. The van der Waals surface area contributed by atoms with Crippen molar-refractivity contribution in [3.05, 3.63) is 34.9 Å². The second-order valence-corrected chi connectivity index (χ2v) is 5.95. The Morgan fingerprint density at radius 1 is 1.52 bits per heavy atom. The number of pyridine rings is 1. The summed E-state index contributed by atoms with van der Waals surface area (Å²) in [4.78, 5) is 4.68. The van der Waals surface area contributed by atoms with E-state index in [-0.39, 0.29) is 12.1 Å². The van der Waals surface area contributed by atoms with Crippen LogP contribution in [0.1, 0.15) is 31.4 Å². The van der Waals surface area contributed by atoms with Crippen LogP contribution in [0.2, 0.25) is 5.02 Å². The molecule has 1 aromatic heterocycles. The first-order valence-electron chi connectivity index (χ1n) is 7.35. The number of fused-ring (bicyclic) bond motifs is 1. The average Bonchev–Trinajstić information content (AvgIpc) is 2.98. The number of rotatable bonds is 4. The van der Waals surface area contributed by atoms with Gasteiger partial charge in [-0.2, -0.15) is 0 Å². The van der Waals surface area contributed by atoms with Gasteiger partial charge in [0.2, 0.25) is 0 Å². The fraction of sp³-hybridized carbons (Fsp3) is 0.438. The Hall–Kier alpha value is -1.36. The van der Waals surface area contributed by atoms with E-state index in [1.165, 1.54) is 0 Å². The summed E-state index contributed by atoms with van der Waals surface area (Å²) in [5.74, 6) is 0.807. The maximum atomic E-state index is 6.24. The zero-order chi connectivity index (χ0) is 14.8. The quantitative estimate of drug-likeness (QED) is 0.907. The third kappa shape index (κ3) is 3.12. The van der Waals surface area contributed by atoms with Gasteiger partial charge >= 0.3 is 0 Å². The van der Waals surface area contributed by atoms with Gasteiger partial charge in [0.05, 0.1) is 16.6 Å². The Kier molecular flexibility index (Phi) is 4.29. The molecule has 3 rings (SSSR count). The number of nitrogens with two attached hydrogens (primary N) is 1. The molecule has 0 amide bonds. The van der Waals surface area contributed by atoms with Crippen LogP contribution in [0.5, 0.6) is 0 Å². The molecule has 2 aromatic rings. The molecule has 5 heteroatoms. The predicted molar refractivity (Wildman–Crippen MR) is 86.8 cm³/mol. The van der Waals surface area contributed by atoms with Gasteiger partial charge in [-0.25, -0.2) is 4.98 Å². The van der Waals surface area contributed by atoms with Crippen molar-refractivity contribution < 1.29 is 4.74 Å². The lowest BCUT2D eigenvalue weighted by Gasteiger charge is -2.17. The maximum absolute atomic E-state index is 6.24. The minimum Gasteiger partial charge on any atom is -0.376 e. The molecule has 1 saturated heterocycles. The van der Waals surface area contributed by atoms with Gasteiger partial charge in [-0.1, -0.05) is 23.7 Å². The highest BCUT2D eigenvalue weighted by molar-refractivity contribution is 6.35. The Morgan fingerprint density at radius 2 is 2.38 bits per heavy atom. The second kappa shape index (κ2) is 6.18. The molecule has 0 radical (unpaired) electrons. The third-order valence-corrected chi connectivity index (χ3v) is 4.14. The number of ether oxygens (including phenoxy) is 1. The molecule has 2 heterocycles. The molecule has 2 atom stereocenters. The Labute approximate surface area is 129 Å². The summed E-state index contributed by atoms with van der Waals surface area (Å²) in [6.07, 6.45) is 2.48. The Morgan fingerprint density at radius 3 is 3.10 bits per heavy atom. The van der Waals surface area contributed by atoms with Gasteiger partial charge in [0.25, 0.3) is 0 Å². The number of benzene rings is 1. The van der Waals surface area contributed by atoms with Crippen LogP contribution in [-0.4, -0.2) is 24.2 Å². The highest BCUT2D eigenvalue weighted by Crippen LogP contribution is 2.29. The molecule has 4 nitrogen and oxygen atoms in total. The molecule has 1 fully saturated rings. The number of nitrogens with zero attached hydrogens (tertiary/aromatic N) is 1. The summed E-state index contributed by atoms with van der Waals surface area (Å²) in [7, 11) is 0. The average molecular weight is 306 g/mol. The largest absolute Gasteiger partial charge is 0.376 e. The molecule has 0 spiro atoms. The van der Waals surface area contributed by atoms with Crippen molar-refractivity contribution in [3.8, 4) is 0 Å². The van der Waals surface area contributed by atoms with E-state index in [1.54, 1.807) is 0 Å². The predicted octanol–water partition coefficient (Wildman–Crippen LogP) is 3.50. The van der Waals surface area contributed by atoms with Gasteiger partial charge in [-0.05, 0) is 31.9 Å². The number of nitrogens with one attached hydrogen (secondary N) is 1. The van der Waals surface area contributed by atoms with Gasteiger partial charge in [0.15, 0.2) is 0 Å². The third-order valence-electron chi connectivity index (χ3n) is 3.84. The van der Waals surface area contributed by atoms with Crippen molar-refractivity contribution in [1.29, 1.82) is 0 Å². The zero-order valence-electron chi connectivity index (χ0n) is 12.1. The molecule has 1 aromatic carbocycles. The minimum atomic E-state index is -0.0899. The topological polar surface area (TPSA) is 60.2 Å². The van der Waals surface area contributed by atoms with Crippen molar-refractivity contribution in [3.63, 3.8) is 0 Å². The number of para-hydroxylation sites is 1. The van der Waals surface area contributed by atoms with Crippen molar-refractivity contribution in [1.82, 2.24) is 4.98 Å². The van der Waals surface area contributed by atoms with Crippen LogP contribution in [-0.2, 0) is 4.74 Å². The molecular formula is C16H20ClN3O. The number of hydrogen-bond donors (Lipinski definition) is 2. The Bertz CT molecular complexity index is 639. The van der Waals surface area contributed by atoms with Crippen LogP contribution in [0.3, 0.4) is 0 Å². The molecule has 21 heavy (non-hydrogen) atoms. The SMILES string of the molecule is C[C@H](N)c1cc2cccc(Cl)c2nc1NC[C@H]1CCCO1. The summed E-state index contributed by atoms with van der Waals surface area (Å²) < 4.78 is 5.64. The van der Waals surface area contributed by atoms with Crippen molar-refractivity contribution >= 4 is 28.3 Å². The van der Waals surface area contributed by atoms with E-state index in [1.807, 2.05) is 25.1 Å². The van der Waals surface area contributed by atoms with E-state index < -0.39 is 0 Å². The van der Waals surface area contributed by atoms with Crippen LogP contribution >= 0.6 is 11.6 Å². The van der Waals surface area contributed by atoms with Crippen molar-refractivity contribution in [2.45, 2.75) is 31.9 Å². The fourth-order valence-electron chi connectivity index (χ4n) is 2.68. The van der Waals surface area contributed by atoms with E-state index in [4.69, 9.17) is 22.1 Å². The lowest BCUT2D eigenvalue weighted by Crippen LogP contribution is -2.21. The Balaban J connectivity index is 1.93. The van der Waals surface area contributed by atoms with E-state index >= 15 is 0 Å². The van der Waals surface area contributed by atoms with Gasteiger partial charge in [-0.3, -0.25) is 0 Å². The molecule has 0 saturated carbocycles. The summed E-state index contributed by atoms with van der Waals surface area (Å²) in [6.45, 7) is 3.57. The molecule has 0 bridgehead atoms. The molecular weight excluding hydrogens is 286 g/mol. The van der Waals surface area contributed by atoms with Gasteiger partial charge in [-0.15, -0.1) is 0 Å². The molecule has 0 aliphatic carbocycles. The van der Waals surface area contributed by atoms with E-state index in [9.17, 15) is 0 Å². The van der Waals surface area contributed by atoms with Crippen LogP contribution in [0.25, 0.3) is 10.9 Å². The van der Waals surface area contributed by atoms with E-state index in [0.717, 1.165) is 48.3 Å². The summed E-state index contributed by atoms with van der Waals surface area (Å²) in [6, 6.07) is 7.76. The van der Waals surface area contributed by atoms with Crippen LogP contribution in [0.4, 0.5) is 5.82 Å². The molecule has 3 N–H and O–H groups in total. The van der Waals surface area contributed by atoms with Gasteiger partial charge in [0.1, 0.15) is 5.82 Å². The maximum Gasteiger partial charge on any atom is 0.131 e. The monoisotopic (exact) mass is 305 g/mol. The normalized spacial score (nSPS) is 19.9. The summed E-state index contributed by atoms with van der Waals surface area (Å²) >= 11 is 6.24. The van der Waals surface area contributed by atoms with Crippen molar-refractivity contribution in [2.24, 2.45) is 5.73 Å². The number of aromatic nitrogens is 1. The summed E-state index contributed by atoms with van der Waals surface area (Å²) in [5, 5.41) is 5.05. The molecule has 1 aliphatic rings. The highest BCUT2D eigenvalue weighted by atomic mass is 35.5. The first kappa shape index (κ1) is 14.6. The standard InChI is InChI=1S/C16H20ClN3O/c1-10(18)13-8-11-4-2-6-14(17)15(11)20-16(13)19-9-12-5-3-7-21-12/h2,4,6,8,10,12H,3,5,7,9,18H2,1H3,(H,19,20)/t10-,12+/m0/s1. The fourth-order valence-corrected chi connectivity index (χ4v) is 2.91. The van der Waals surface area contributed by atoms with Gasteiger partial charge in [0, 0.05) is 30.1 Å². The van der Waals surface area contributed by atoms with Gasteiger partial charge < -0.3 is 15.8 Å². The van der Waals surface area contributed by atoms with Crippen LogP contribution < -0.4 is 11.1 Å². The van der Waals surface area contributed by atoms with Crippen LogP contribution in [0.15, 0.2) is 24.3 Å². The molecule has 1 aliphatic heterocycles.